The Bertz CT molecular complexity index is 1130. The van der Waals surface area contributed by atoms with Crippen molar-refractivity contribution in [1.82, 2.24) is 9.80 Å². The molecule has 198 valence electrons. The molecule has 1 aliphatic carbocycles. The fraction of sp³-hybridized carbons (Fsp3) is 0.517. The van der Waals surface area contributed by atoms with E-state index in [4.69, 9.17) is 23.2 Å². The molecule has 2 aromatic rings. The summed E-state index contributed by atoms with van der Waals surface area (Å²) >= 11 is 13.3. The molecule has 3 aliphatic rings. The first kappa shape index (κ1) is 26.4. The van der Waals surface area contributed by atoms with Gasteiger partial charge in [0.25, 0.3) is 11.8 Å². The summed E-state index contributed by atoms with van der Waals surface area (Å²) in [4.78, 5) is 29.4. The van der Waals surface area contributed by atoms with Crippen molar-refractivity contribution in [3.05, 3.63) is 57.6 Å². The van der Waals surface area contributed by atoms with Crippen LogP contribution >= 0.6 is 23.2 Å². The quantitative estimate of drug-likeness (QED) is 0.394. The summed E-state index contributed by atoms with van der Waals surface area (Å²) in [5.41, 5.74) is 2.92. The van der Waals surface area contributed by atoms with Crippen molar-refractivity contribution in [3.8, 4) is 11.1 Å². The second-order valence-corrected chi connectivity index (χ2v) is 11.5. The minimum atomic E-state index is -2.69. The van der Waals surface area contributed by atoms with Crippen molar-refractivity contribution in [2.24, 2.45) is 5.92 Å². The van der Waals surface area contributed by atoms with Gasteiger partial charge in [0, 0.05) is 60.0 Å². The van der Waals surface area contributed by atoms with Gasteiger partial charge in [-0.25, -0.2) is 8.78 Å². The SMILES string of the molecule is O=C(c1ccc(-c2cc(Cl)c(CC3CCN(C4CCCCC4)C3=O)c(Cl)c2)cc1)N1CCC(F)(F)CC1. The third-order valence-electron chi connectivity index (χ3n) is 8.21. The van der Waals surface area contributed by atoms with Gasteiger partial charge < -0.3 is 9.80 Å². The summed E-state index contributed by atoms with van der Waals surface area (Å²) in [6.45, 7) is 0.927. The van der Waals surface area contributed by atoms with E-state index < -0.39 is 5.92 Å². The molecule has 2 amide bonds. The van der Waals surface area contributed by atoms with Gasteiger partial charge in [0.15, 0.2) is 0 Å². The molecule has 3 fully saturated rings. The van der Waals surface area contributed by atoms with E-state index in [1.54, 1.807) is 12.1 Å². The van der Waals surface area contributed by atoms with Crippen LogP contribution in [0.25, 0.3) is 11.1 Å². The lowest BCUT2D eigenvalue weighted by molar-refractivity contribution is -0.133. The number of halogens is 4. The maximum atomic E-state index is 13.4. The summed E-state index contributed by atoms with van der Waals surface area (Å²) < 4.78 is 26.9. The number of nitrogens with zero attached hydrogens (tertiary/aromatic N) is 2. The normalized spacial score (nSPS) is 22.5. The van der Waals surface area contributed by atoms with Crippen LogP contribution in [0.5, 0.6) is 0 Å². The number of carbonyl (C=O) groups is 2. The Hall–Kier alpha value is -2.18. The summed E-state index contributed by atoms with van der Waals surface area (Å²) in [6, 6.07) is 11.1. The smallest absolute Gasteiger partial charge is 0.253 e. The minimum Gasteiger partial charge on any atom is -0.339 e. The molecule has 2 saturated heterocycles. The molecule has 2 aliphatic heterocycles. The molecule has 5 rings (SSSR count). The first-order valence-corrected chi connectivity index (χ1v) is 14.0. The zero-order valence-electron chi connectivity index (χ0n) is 20.8. The number of rotatable bonds is 5. The highest BCUT2D eigenvalue weighted by molar-refractivity contribution is 6.36. The van der Waals surface area contributed by atoms with Crippen LogP contribution in [-0.2, 0) is 11.2 Å². The zero-order valence-corrected chi connectivity index (χ0v) is 22.3. The molecule has 0 radical (unpaired) electrons. The van der Waals surface area contributed by atoms with Crippen LogP contribution < -0.4 is 0 Å². The van der Waals surface area contributed by atoms with Crippen molar-refractivity contribution in [2.75, 3.05) is 19.6 Å². The summed E-state index contributed by atoms with van der Waals surface area (Å²) in [7, 11) is 0. The predicted octanol–water partition coefficient (Wildman–Crippen LogP) is 7.26. The Morgan fingerprint density at radius 2 is 1.51 bits per heavy atom. The van der Waals surface area contributed by atoms with Crippen LogP contribution in [0.2, 0.25) is 10.0 Å². The molecule has 2 aromatic carbocycles. The lowest BCUT2D eigenvalue weighted by Crippen LogP contribution is -2.42. The molecular formula is C29H32Cl2F2N2O2. The monoisotopic (exact) mass is 548 g/mol. The Labute approximate surface area is 226 Å². The van der Waals surface area contributed by atoms with Crippen molar-refractivity contribution in [1.29, 1.82) is 0 Å². The fourth-order valence-corrected chi connectivity index (χ4v) is 6.58. The molecule has 0 aromatic heterocycles. The molecule has 0 bridgehead atoms. The third kappa shape index (κ3) is 5.80. The summed E-state index contributed by atoms with van der Waals surface area (Å²) in [6.07, 6.45) is 6.63. The van der Waals surface area contributed by atoms with Gasteiger partial charge in [0.2, 0.25) is 5.91 Å². The number of amides is 2. The van der Waals surface area contributed by atoms with Gasteiger partial charge >= 0.3 is 0 Å². The zero-order chi connectivity index (χ0) is 26.2. The average molecular weight is 549 g/mol. The van der Waals surface area contributed by atoms with Crippen molar-refractivity contribution < 1.29 is 18.4 Å². The van der Waals surface area contributed by atoms with E-state index in [1.807, 2.05) is 24.3 Å². The van der Waals surface area contributed by atoms with E-state index >= 15 is 0 Å². The third-order valence-corrected chi connectivity index (χ3v) is 8.88. The highest BCUT2D eigenvalue weighted by Crippen LogP contribution is 2.37. The molecule has 1 atom stereocenters. The molecule has 37 heavy (non-hydrogen) atoms. The highest BCUT2D eigenvalue weighted by Gasteiger charge is 2.37. The number of hydrogen-bond acceptors (Lipinski definition) is 2. The second kappa shape index (κ2) is 10.9. The van der Waals surface area contributed by atoms with Gasteiger partial charge in [-0.1, -0.05) is 54.6 Å². The minimum absolute atomic E-state index is 0.0577. The van der Waals surface area contributed by atoms with Crippen molar-refractivity contribution in [3.63, 3.8) is 0 Å². The number of alkyl halides is 2. The van der Waals surface area contributed by atoms with Gasteiger partial charge in [-0.3, -0.25) is 9.59 Å². The van der Waals surface area contributed by atoms with E-state index in [-0.39, 0.29) is 43.7 Å². The standard InChI is InChI=1S/C29H32Cl2F2N2O2/c30-25-17-22(19-6-8-20(9-7-19)27(36)34-14-11-29(32,33)12-15-34)18-26(31)24(25)16-21-10-13-35(28(21)37)23-4-2-1-3-5-23/h6-9,17-18,21,23H,1-5,10-16H2. The first-order valence-electron chi connectivity index (χ1n) is 13.3. The highest BCUT2D eigenvalue weighted by atomic mass is 35.5. The van der Waals surface area contributed by atoms with Crippen LogP contribution in [-0.4, -0.2) is 53.2 Å². The molecule has 4 nitrogen and oxygen atoms in total. The molecule has 1 unspecified atom stereocenters. The molecule has 1 saturated carbocycles. The molecule has 0 N–H and O–H groups in total. The van der Waals surface area contributed by atoms with E-state index in [2.05, 4.69) is 4.90 Å². The largest absolute Gasteiger partial charge is 0.339 e. The number of benzene rings is 2. The predicted molar refractivity (Wildman–Crippen MR) is 142 cm³/mol. The molecular weight excluding hydrogens is 517 g/mol. The molecule has 0 spiro atoms. The van der Waals surface area contributed by atoms with Crippen molar-refractivity contribution in [2.45, 2.75) is 69.8 Å². The van der Waals surface area contributed by atoms with Crippen LogP contribution in [0.15, 0.2) is 36.4 Å². The van der Waals surface area contributed by atoms with E-state index in [9.17, 15) is 18.4 Å². The van der Waals surface area contributed by atoms with Gasteiger partial charge in [-0.2, -0.15) is 0 Å². The Kier molecular flexibility index (Phi) is 7.78. The second-order valence-electron chi connectivity index (χ2n) is 10.7. The van der Waals surface area contributed by atoms with E-state index in [1.165, 1.54) is 24.2 Å². The van der Waals surface area contributed by atoms with Crippen LogP contribution in [0, 0.1) is 5.92 Å². The fourth-order valence-electron chi connectivity index (χ4n) is 5.94. The Morgan fingerprint density at radius 1 is 0.892 bits per heavy atom. The number of carbonyl (C=O) groups excluding carboxylic acids is 2. The van der Waals surface area contributed by atoms with Crippen LogP contribution in [0.1, 0.15) is 67.3 Å². The lowest BCUT2D eigenvalue weighted by Gasteiger charge is -2.31. The van der Waals surface area contributed by atoms with E-state index in [0.717, 1.165) is 42.5 Å². The molecule has 8 heteroatoms. The summed E-state index contributed by atoms with van der Waals surface area (Å²) in [5, 5.41) is 1.06. The van der Waals surface area contributed by atoms with Gasteiger partial charge in [-0.05, 0) is 66.6 Å². The van der Waals surface area contributed by atoms with Crippen LogP contribution in [0.4, 0.5) is 8.78 Å². The maximum absolute atomic E-state index is 13.4. The number of likely N-dealkylation sites (tertiary alicyclic amines) is 2. The Morgan fingerprint density at radius 3 is 2.14 bits per heavy atom. The van der Waals surface area contributed by atoms with Crippen molar-refractivity contribution >= 4 is 35.0 Å². The number of hydrogen-bond donors (Lipinski definition) is 0. The number of piperidine rings is 1. The molecule has 2 heterocycles. The Balaban J connectivity index is 1.25. The first-order chi connectivity index (χ1) is 17.7. The maximum Gasteiger partial charge on any atom is 0.253 e. The topological polar surface area (TPSA) is 40.6 Å². The average Bonchev–Trinajstić information content (AvgIpc) is 3.26. The van der Waals surface area contributed by atoms with Gasteiger partial charge in [0.1, 0.15) is 0 Å². The van der Waals surface area contributed by atoms with E-state index in [0.29, 0.717) is 28.1 Å². The summed E-state index contributed by atoms with van der Waals surface area (Å²) in [5.74, 6) is -2.80. The lowest BCUT2D eigenvalue weighted by atomic mass is 9.93. The van der Waals surface area contributed by atoms with Crippen LogP contribution in [0.3, 0.4) is 0 Å². The van der Waals surface area contributed by atoms with Gasteiger partial charge in [0.05, 0.1) is 0 Å². The van der Waals surface area contributed by atoms with Gasteiger partial charge in [-0.15, -0.1) is 0 Å².